The topological polar surface area (TPSA) is 88.5 Å². The first-order chi connectivity index (χ1) is 18.0. The maximum absolute atomic E-state index is 13.4. The zero-order valence-electron chi connectivity index (χ0n) is 20.2. The molecule has 0 radical (unpaired) electrons. The van der Waals surface area contributed by atoms with E-state index in [1.54, 1.807) is 25.1 Å². The summed E-state index contributed by atoms with van der Waals surface area (Å²) in [5.41, 5.74) is 3.75. The van der Waals surface area contributed by atoms with Crippen LogP contribution in [0.1, 0.15) is 33.7 Å². The molecule has 0 aliphatic carbocycles. The summed E-state index contributed by atoms with van der Waals surface area (Å²) in [5.74, 6) is 1.53. The Morgan fingerprint density at radius 3 is 2.49 bits per heavy atom. The van der Waals surface area contributed by atoms with E-state index in [1.807, 2.05) is 47.4 Å². The first-order valence-electron chi connectivity index (χ1n) is 12.1. The highest BCUT2D eigenvalue weighted by atomic mass is 35.5. The van der Waals surface area contributed by atoms with Crippen LogP contribution in [-0.2, 0) is 0 Å². The predicted octanol–water partition coefficient (Wildman–Crippen LogP) is 5.39. The molecule has 1 fully saturated rings. The van der Waals surface area contributed by atoms with Crippen molar-refractivity contribution in [2.75, 3.05) is 26.2 Å². The molecule has 1 aliphatic rings. The number of aromatic nitrogens is 3. The number of carbonyl (C=O) groups is 1. The molecule has 2 aromatic heterocycles. The van der Waals surface area contributed by atoms with Crippen molar-refractivity contribution >= 4 is 28.6 Å². The summed E-state index contributed by atoms with van der Waals surface area (Å²) >= 11 is 6.08. The van der Waals surface area contributed by atoms with Crippen LogP contribution in [0.5, 0.6) is 0 Å². The number of halogens is 1. The largest absolute Gasteiger partial charge is 0.436 e. The minimum atomic E-state index is -0.157. The second-order valence-corrected chi connectivity index (χ2v) is 9.45. The van der Waals surface area contributed by atoms with Gasteiger partial charge >= 0.3 is 0 Å². The summed E-state index contributed by atoms with van der Waals surface area (Å²) in [5, 5.41) is 8.93. The van der Waals surface area contributed by atoms with Crippen LogP contribution in [0.4, 0.5) is 0 Å². The van der Waals surface area contributed by atoms with Gasteiger partial charge in [0.2, 0.25) is 17.7 Å². The summed E-state index contributed by atoms with van der Waals surface area (Å²) in [6.45, 7) is 4.32. The number of fused-ring (bicyclic) bond motifs is 1. The van der Waals surface area contributed by atoms with E-state index in [2.05, 4.69) is 32.2 Å². The molecule has 9 heteroatoms. The standard InChI is InChI=1S/C28H24ClN5O3/c1-18-31-32-27(36-18)25(19-6-3-2-4-7-19)33-12-14-34(15-13-33)28(35)21-9-5-8-20(16-21)26-30-23-17-22(29)10-11-24(23)37-26/h2-11,16-17,25H,12-15H2,1H3. The molecule has 1 atom stereocenters. The zero-order valence-corrected chi connectivity index (χ0v) is 20.9. The lowest BCUT2D eigenvalue weighted by Crippen LogP contribution is -2.50. The smallest absolute Gasteiger partial charge is 0.253 e. The van der Waals surface area contributed by atoms with Crippen molar-refractivity contribution < 1.29 is 13.6 Å². The third-order valence-corrected chi connectivity index (χ3v) is 6.80. The highest BCUT2D eigenvalue weighted by Gasteiger charge is 2.31. The summed E-state index contributed by atoms with van der Waals surface area (Å²) in [6, 6.07) is 22.7. The highest BCUT2D eigenvalue weighted by Crippen LogP contribution is 2.30. The van der Waals surface area contributed by atoms with Crippen LogP contribution < -0.4 is 0 Å². The van der Waals surface area contributed by atoms with E-state index in [0.717, 1.165) is 11.1 Å². The summed E-state index contributed by atoms with van der Waals surface area (Å²) in [7, 11) is 0. The molecular weight excluding hydrogens is 490 g/mol. The molecule has 37 heavy (non-hydrogen) atoms. The average Bonchev–Trinajstić information content (AvgIpc) is 3.55. The molecule has 0 bridgehead atoms. The third kappa shape index (κ3) is 4.73. The molecule has 1 saturated heterocycles. The molecule has 1 unspecified atom stereocenters. The van der Waals surface area contributed by atoms with E-state index < -0.39 is 0 Å². The van der Waals surface area contributed by atoms with Crippen LogP contribution in [0.2, 0.25) is 5.02 Å². The highest BCUT2D eigenvalue weighted by molar-refractivity contribution is 6.31. The maximum atomic E-state index is 13.4. The van der Waals surface area contributed by atoms with Crippen molar-refractivity contribution in [3.63, 3.8) is 0 Å². The van der Waals surface area contributed by atoms with Gasteiger partial charge in [-0.25, -0.2) is 4.98 Å². The fourth-order valence-corrected chi connectivity index (χ4v) is 4.91. The van der Waals surface area contributed by atoms with E-state index in [0.29, 0.717) is 65.5 Å². The molecule has 6 rings (SSSR count). The number of hydrogen-bond donors (Lipinski definition) is 0. The summed E-state index contributed by atoms with van der Waals surface area (Å²) < 4.78 is 11.7. The number of benzene rings is 3. The van der Waals surface area contributed by atoms with Crippen molar-refractivity contribution in [3.05, 3.63) is 101 Å². The molecule has 8 nitrogen and oxygen atoms in total. The van der Waals surface area contributed by atoms with Crippen molar-refractivity contribution in [1.82, 2.24) is 25.0 Å². The van der Waals surface area contributed by atoms with Crippen molar-refractivity contribution in [2.45, 2.75) is 13.0 Å². The van der Waals surface area contributed by atoms with Crippen molar-refractivity contribution in [3.8, 4) is 11.5 Å². The van der Waals surface area contributed by atoms with Crippen LogP contribution in [0.15, 0.2) is 81.6 Å². The van der Waals surface area contributed by atoms with Gasteiger partial charge < -0.3 is 13.7 Å². The van der Waals surface area contributed by atoms with Crippen molar-refractivity contribution in [2.24, 2.45) is 0 Å². The van der Waals surface area contributed by atoms with E-state index in [1.165, 1.54) is 0 Å². The van der Waals surface area contributed by atoms with Gasteiger partial charge in [-0.05, 0) is 42.0 Å². The fourth-order valence-electron chi connectivity index (χ4n) is 4.74. The van der Waals surface area contributed by atoms with Crippen LogP contribution in [0.3, 0.4) is 0 Å². The second-order valence-electron chi connectivity index (χ2n) is 9.01. The van der Waals surface area contributed by atoms with Gasteiger partial charge in [0.1, 0.15) is 11.6 Å². The van der Waals surface area contributed by atoms with Gasteiger partial charge in [0, 0.05) is 49.3 Å². The summed E-state index contributed by atoms with van der Waals surface area (Å²) in [4.78, 5) is 22.1. The molecule has 0 N–H and O–H groups in total. The lowest BCUT2D eigenvalue weighted by Gasteiger charge is -2.38. The third-order valence-electron chi connectivity index (χ3n) is 6.56. The Labute approximate surface area is 218 Å². The zero-order chi connectivity index (χ0) is 25.4. The molecule has 0 saturated carbocycles. The average molecular weight is 514 g/mol. The first-order valence-corrected chi connectivity index (χ1v) is 12.5. The van der Waals surface area contributed by atoms with E-state index in [-0.39, 0.29) is 11.9 Å². The van der Waals surface area contributed by atoms with Crippen LogP contribution in [0, 0.1) is 6.92 Å². The van der Waals surface area contributed by atoms with Crippen LogP contribution in [-0.4, -0.2) is 57.1 Å². The molecule has 3 aromatic carbocycles. The number of oxazole rings is 1. The van der Waals surface area contributed by atoms with Gasteiger partial charge in [-0.1, -0.05) is 48.0 Å². The van der Waals surface area contributed by atoms with E-state index in [4.69, 9.17) is 20.4 Å². The Morgan fingerprint density at radius 1 is 0.919 bits per heavy atom. The van der Waals surface area contributed by atoms with Gasteiger partial charge in [0.25, 0.3) is 5.91 Å². The van der Waals surface area contributed by atoms with Gasteiger partial charge in [0.05, 0.1) is 0 Å². The number of hydrogen-bond acceptors (Lipinski definition) is 7. The molecule has 3 heterocycles. The minimum Gasteiger partial charge on any atom is -0.436 e. The molecular formula is C28H24ClN5O3. The Balaban J connectivity index is 1.19. The Hall–Kier alpha value is -4.01. The fraction of sp³-hybridized carbons (Fsp3) is 0.214. The molecule has 1 aliphatic heterocycles. The molecule has 5 aromatic rings. The van der Waals surface area contributed by atoms with Gasteiger partial charge in [-0.15, -0.1) is 10.2 Å². The van der Waals surface area contributed by atoms with Crippen molar-refractivity contribution in [1.29, 1.82) is 0 Å². The van der Waals surface area contributed by atoms with Crippen LogP contribution >= 0.6 is 11.6 Å². The number of carbonyl (C=O) groups excluding carboxylic acids is 1. The number of nitrogens with zero attached hydrogens (tertiary/aromatic N) is 5. The van der Waals surface area contributed by atoms with Gasteiger partial charge in [-0.3, -0.25) is 9.69 Å². The minimum absolute atomic E-state index is 0.0226. The number of aryl methyl sites for hydroxylation is 1. The quantitative estimate of drug-likeness (QED) is 0.311. The number of piperazine rings is 1. The normalized spacial score (nSPS) is 15.2. The maximum Gasteiger partial charge on any atom is 0.253 e. The van der Waals surface area contributed by atoms with E-state index in [9.17, 15) is 4.79 Å². The Morgan fingerprint density at radius 2 is 1.73 bits per heavy atom. The van der Waals surface area contributed by atoms with Crippen LogP contribution in [0.25, 0.3) is 22.6 Å². The second kappa shape index (κ2) is 9.80. The Kier molecular flexibility index (Phi) is 6.20. The lowest BCUT2D eigenvalue weighted by atomic mass is 10.0. The van der Waals surface area contributed by atoms with Gasteiger partial charge in [-0.2, -0.15) is 0 Å². The Bertz CT molecular complexity index is 1560. The number of rotatable bonds is 5. The lowest BCUT2D eigenvalue weighted by molar-refractivity contribution is 0.0578. The monoisotopic (exact) mass is 513 g/mol. The van der Waals surface area contributed by atoms with Gasteiger partial charge in [0.15, 0.2) is 5.58 Å². The summed E-state index contributed by atoms with van der Waals surface area (Å²) in [6.07, 6.45) is 0. The molecule has 1 amide bonds. The number of amides is 1. The predicted molar refractivity (Wildman–Crippen MR) is 139 cm³/mol. The SMILES string of the molecule is Cc1nnc(C(c2ccccc2)N2CCN(C(=O)c3cccc(-c4nc5cc(Cl)ccc5o4)c3)CC2)o1. The van der Waals surface area contributed by atoms with E-state index >= 15 is 0 Å². The first kappa shape index (κ1) is 23.4. The molecule has 186 valence electrons. The molecule has 0 spiro atoms.